The van der Waals surface area contributed by atoms with Crippen LogP contribution >= 0.6 is 0 Å². The van der Waals surface area contributed by atoms with Crippen molar-refractivity contribution in [3.8, 4) is 5.75 Å². The molecular weight excluding hydrogens is 208 g/mol. The Balaban J connectivity index is 2.10. The van der Waals surface area contributed by atoms with Gasteiger partial charge in [-0.2, -0.15) is 0 Å². The van der Waals surface area contributed by atoms with Crippen LogP contribution in [-0.2, 0) is 16.1 Å². The average Bonchev–Trinajstić information content (AvgIpc) is 2.58. The summed E-state index contributed by atoms with van der Waals surface area (Å²) >= 11 is 0. The zero-order valence-corrected chi connectivity index (χ0v) is 8.99. The molecule has 4 heteroatoms. The van der Waals surface area contributed by atoms with E-state index in [1.54, 1.807) is 13.2 Å². The van der Waals surface area contributed by atoms with E-state index < -0.39 is 0 Å². The second-order valence-corrected chi connectivity index (χ2v) is 3.94. The van der Waals surface area contributed by atoms with E-state index in [0.29, 0.717) is 12.2 Å². The van der Waals surface area contributed by atoms with Gasteiger partial charge in [0.2, 0.25) is 0 Å². The summed E-state index contributed by atoms with van der Waals surface area (Å²) < 4.78 is 15.8. The van der Waals surface area contributed by atoms with Crippen LogP contribution in [0.4, 0.5) is 0 Å². The molecule has 0 radical (unpaired) electrons. The highest BCUT2D eigenvalue weighted by atomic mass is 16.5. The van der Waals surface area contributed by atoms with Gasteiger partial charge in [-0.3, -0.25) is 0 Å². The molecule has 4 nitrogen and oxygen atoms in total. The van der Waals surface area contributed by atoms with Gasteiger partial charge in [0, 0.05) is 17.5 Å². The monoisotopic (exact) mass is 220 g/mol. The number of carbonyl (C=O) groups excluding carboxylic acids is 1. The minimum absolute atomic E-state index is 0.107. The number of esters is 1. The summed E-state index contributed by atoms with van der Waals surface area (Å²) in [7, 11) is 1.61. The van der Waals surface area contributed by atoms with E-state index in [0.717, 1.165) is 29.9 Å². The molecule has 16 heavy (non-hydrogen) atoms. The van der Waals surface area contributed by atoms with E-state index in [1.807, 2.05) is 6.07 Å². The Labute approximate surface area is 93.1 Å². The maximum Gasteiger partial charge on any atom is 0.339 e. The van der Waals surface area contributed by atoms with E-state index in [1.165, 1.54) is 0 Å². The normalized spacial score (nSPS) is 22.3. The third kappa shape index (κ3) is 1.23. The number of rotatable bonds is 2. The third-order valence-electron chi connectivity index (χ3n) is 3.11. The molecule has 0 aliphatic carbocycles. The number of hydrogen-bond acceptors (Lipinski definition) is 4. The molecule has 84 valence electrons. The van der Waals surface area contributed by atoms with Crippen molar-refractivity contribution in [2.45, 2.75) is 19.1 Å². The molecule has 0 N–H and O–H groups in total. The lowest BCUT2D eigenvalue weighted by Gasteiger charge is -2.28. The quantitative estimate of drug-likeness (QED) is 0.713. The lowest BCUT2D eigenvalue weighted by molar-refractivity contribution is -0.0538. The molecule has 1 saturated heterocycles. The zero-order valence-electron chi connectivity index (χ0n) is 8.99. The van der Waals surface area contributed by atoms with Crippen molar-refractivity contribution in [3.63, 3.8) is 0 Å². The highest BCUT2D eigenvalue weighted by molar-refractivity contribution is 5.94. The Morgan fingerprint density at radius 3 is 2.88 bits per heavy atom. The summed E-state index contributed by atoms with van der Waals surface area (Å²) in [6, 6.07) is 3.69. The summed E-state index contributed by atoms with van der Waals surface area (Å²) in [5.41, 5.74) is 2.48. The molecular formula is C12H12O4. The molecule has 0 spiro atoms. The van der Waals surface area contributed by atoms with Gasteiger partial charge >= 0.3 is 5.97 Å². The molecule has 3 rings (SSSR count). The average molecular weight is 220 g/mol. The lowest BCUT2D eigenvalue weighted by atomic mass is 9.97. The number of hydrogen-bond donors (Lipinski definition) is 0. The van der Waals surface area contributed by atoms with Crippen molar-refractivity contribution in [3.05, 3.63) is 28.8 Å². The number of carbonyl (C=O) groups is 1. The molecule has 0 amide bonds. The van der Waals surface area contributed by atoms with Crippen molar-refractivity contribution in [1.82, 2.24) is 0 Å². The van der Waals surface area contributed by atoms with Crippen LogP contribution in [0.2, 0.25) is 0 Å². The molecule has 2 aliphatic rings. The van der Waals surface area contributed by atoms with Crippen molar-refractivity contribution >= 4 is 5.97 Å². The van der Waals surface area contributed by atoms with Crippen molar-refractivity contribution < 1.29 is 19.0 Å². The minimum atomic E-state index is -0.269. The fourth-order valence-corrected chi connectivity index (χ4v) is 2.17. The highest BCUT2D eigenvalue weighted by Crippen LogP contribution is 2.40. The van der Waals surface area contributed by atoms with Crippen LogP contribution in [0.5, 0.6) is 5.75 Å². The molecule has 2 heterocycles. The van der Waals surface area contributed by atoms with E-state index in [2.05, 4.69) is 0 Å². The second kappa shape index (κ2) is 3.49. The summed E-state index contributed by atoms with van der Waals surface area (Å²) in [5.74, 6) is 0.474. The molecule has 1 aromatic carbocycles. The number of ether oxygens (including phenoxy) is 3. The molecule has 1 fully saturated rings. The van der Waals surface area contributed by atoms with Crippen LogP contribution < -0.4 is 4.74 Å². The van der Waals surface area contributed by atoms with Gasteiger partial charge in [-0.15, -0.1) is 0 Å². The molecule has 0 bridgehead atoms. The molecule has 2 aliphatic heterocycles. The van der Waals surface area contributed by atoms with Crippen LogP contribution in [0, 0.1) is 0 Å². The van der Waals surface area contributed by atoms with Crippen LogP contribution in [0.1, 0.15) is 34.0 Å². The van der Waals surface area contributed by atoms with Gasteiger partial charge < -0.3 is 14.2 Å². The number of cyclic esters (lactones) is 1. The highest BCUT2D eigenvalue weighted by Gasteiger charge is 2.31. The molecule has 1 atom stereocenters. The maximum atomic E-state index is 11.4. The first-order valence-electron chi connectivity index (χ1n) is 5.29. The molecule has 1 unspecified atom stereocenters. The molecule has 1 aromatic rings. The maximum absolute atomic E-state index is 11.4. The third-order valence-corrected chi connectivity index (χ3v) is 3.11. The van der Waals surface area contributed by atoms with E-state index in [-0.39, 0.29) is 12.1 Å². The number of methoxy groups -OCH3 is 1. The Morgan fingerprint density at radius 2 is 2.25 bits per heavy atom. The van der Waals surface area contributed by atoms with Gasteiger partial charge in [-0.25, -0.2) is 4.79 Å². The second-order valence-electron chi connectivity index (χ2n) is 3.94. The summed E-state index contributed by atoms with van der Waals surface area (Å²) in [4.78, 5) is 11.4. The summed E-state index contributed by atoms with van der Waals surface area (Å²) in [6.45, 7) is 1.10. The predicted octanol–water partition coefficient (Wildman–Crippen LogP) is 1.83. The first-order chi connectivity index (χ1) is 7.81. The lowest BCUT2D eigenvalue weighted by Crippen LogP contribution is -2.19. The van der Waals surface area contributed by atoms with E-state index >= 15 is 0 Å². The predicted molar refractivity (Wildman–Crippen MR) is 55.4 cm³/mol. The van der Waals surface area contributed by atoms with Gasteiger partial charge in [0.05, 0.1) is 25.4 Å². The fourth-order valence-electron chi connectivity index (χ4n) is 2.17. The summed E-state index contributed by atoms with van der Waals surface area (Å²) in [5, 5.41) is 0. The summed E-state index contributed by atoms with van der Waals surface area (Å²) in [6.07, 6.45) is 1.11. The van der Waals surface area contributed by atoms with Crippen molar-refractivity contribution in [2.75, 3.05) is 13.7 Å². The Kier molecular flexibility index (Phi) is 2.11. The van der Waals surface area contributed by atoms with Crippen LogP contribution in [0.25, 0.3) is 0 Å². The Hall–Kier alpha value is -1.55. The van der Waals surface area contributed by atoms with E-state index in [4.69, 9.17) is 14.2 Å². The van der Waals surface area contributed by atoms with Gasteiger partial charge in [0.15, 0.2) is 0 Å². The molecule has 0 saturated carbocycles. The number of fused-ring (bicyclic) bond motifs is 1. The number of benzene rings is 1. The van der Waals surface area contributed by atoms with Gasteiger partial charge in [-0.05, 0) is 6.07 Å². The Bertz CT molecular complexity index is 449. The standard InChI is InChI=1S/C12H12O4/c1-14-11-8(10-4-5-15-10)3-2-7-9(11)6-16-12(7)13/h2-3,10H,4-6H2,1H3. The first kappa shape index (κ1) is 9.66. The zero-order chi connectivity index (χ0) is 11.1. The van der Waals surface area contributed by atoms with Crippen LogP contribution in [-0.4, -0.2) is 19.7 Å². The molecule has 0 aromatic heterocycles. The minimum Gasteiger partial charge on any atom is -0.496 e. The topological polar surface area (TPSA) is 44.8 Å². The van der Waals surface area contributed by atoms with Crippen molar-refractivity contribution in [2.24, 2.45) is 0 Å². The van der Waals surface area contributed by atoms with Gasteiger partial charge in [0.1, 0.15) is 12.4 Å². The SMILES string of the molecule is COc1c(C2CCO2)ccc2c1COC2=O. The van der Waals surface area contributed by atoms with Crippen LogP contribution in [0.3, 0.4) is 0 Å². The van der Waals surface area contributed by atoms with Crippen LogP contribution in [0.15, 0.2) is 12.1 Å². The first-order valence-corrected chi connectivity index (χ1v) is 5.29. The van der Waals surface area contributed by atoms with E-state index in [9.17, 15) is 4.79 Å². The van der Waals surface area contributed by atoms with Gasteiger partial charge in [-0.1, -0.05) is 6.07 Å². The Morgan fingerprint density at radius 1 is 1.44 bits per heavy atom. The largest absolute Gasteiger partial charge is 0.496 e. The van der Waals surface area contributed by atoms with Gasteiger partial charge in [0.25, 0.3) is 0 Å². The smallest absolute Gasteiger partial charge is 0.339 e. The van der Waals surface area contributed by atoms with Crippen molar-refractivity contribution in [1.29, 1.82) is 0 Å². The fraction of sp³-hybridized carbons (Fsp3) is 0.417.